The van der Waals surface area contributed by atoms with Gasteiger partial charge in [-0.25, -0.2) is 0 Å². The molecule has 0 aliphatic carbocycles. The van der Waals surface area contributed by atoms with Crippen LogP contribution in [0.4, 0.5) is 8.78 Å². The summed E-state index contributed by atoms with van der Waals surface area (Å²) in [5.74, 6) is -1.30. The monoisotopic (exact) mass is 463 g/mol. The van der Waals surface area contributed by atoms with Gasteiger partial charge in [0.15, 0.2) is 0 Å². The number of aromatic nitrogens is 2. The average molecular weight is 463 g/mol. The van der Waals surface area contributed by atoms with Gasteiger partial charge in [-0.15, -0.1) is 0 Å². The Hall–Kier alpha value is -3.31. The van der Waals surface area contributed by atoms with Crippen molar-refractivity contribution >= 4 is 15.9 Å². The molecule has 1 aliphatic heterocycles. The molecule has 0 bridgehead atoms. The third kappa shape index (κ3) is 4.21. The maximum absolute atomic E-state index is 12.9. The number of aliphatic hydroxyl groups is 1. The number of hydrogen-bond donors (Lipinski definition) is 1. The van der Waals surface area contributed by atoms with Crippen molar-refractivity contribution in [2.45, 2.75) is 30.5 Å². The van der Waals surface area contributed by atoms with Crippen LogP contribution >= 0.6 is 0 Å². The molecule has 0 saturated heterocycles. The number of rotatable bonds is 7. The minimum absolute atomic E-state index is 0.0918. The Morgan fingerprint density at radius 1 is 1.12 bits per heavy atom. The number of halogens is 2. The molecule has 32 heavy (non-hydrogen) atoms. The van der Waals surface area contributed by atoms with Crippen molar-refractivity contribution in [1.29, 1.82) is 0 Å². The molecule has 1 N–H and O–H groups in total. The van der Waals surface area contributed by atoms with Crippen molar-refractivity contribution in [1.82, 2.24) is 14.1 Å². The summed E-state index contributed by atoms with van der Waals surface area (Å²) in [6.45, 7) is -3.21. The SMILES string of the molecule is O=C(C(CO)c1ccccc1)N1Cc2cn(S(=O)(=O)c3cccc(OC(F)F)c3)nc2C1. The first-order chi connectivity index (χ1) is 15.3. The highest BCUT2D eigenvalue weighted by Gasteiger charge is 2.33. The van der Waals surface area contributed by atoms with Crippen LogP contribution in [0.2, 0.25) is 0 Å². The maximum atomic E-state index is 12.9. The second kappa shape index (κ2) is 8.67. The Morgan fingerprint density at radius 3 is 2.53 bits per heavy atom. The zero-order chi connectivity index (χ0) is 22.9. The molecular weight excluding hydrogens is 444 g/mol. The molecule has 0 spiro atoms. The quantitative estimate of drug-likeness (QED) is 0.577. The Kier molecular flexibility index (Phi) is 5.94. The van der Waals surface area contributed by atoms with Crippen molar-refractivity contribution in [3.05, 3.63) is 77.6 Å². The van der Waals surface area contributed by atoms with Crippen molar-refractivity contribution < 1.29 is 31.8 Å². The number of fused-ring (bicyclic) bond motifs is 1. The van der Waals surface area contributed by atoms with E-state index in [1.165, 1.54) is 29.3 Å². The lowest BCUT2D eigenvalue weighted by atomic mass is 9.98. The molecular formula is C21H19F2N3O5S. The van der Waals surface area contributed by atoms with Crippen LogP contribution in [-0.2, 0) is 27.9 Å². The molecule has 0 radical (unpaired) electrons. The van der Waals surface area contributed by atoms with Gasteiger partial charge < -0.3 is 14.7 Å². The fraction of sp³-hybridized carbons (Fsp3) is 0.238. The number of carbonyl (C=O) groups is 1. The summed E-state index contributed by atoms with van der Waals surface area (Å²) in [6, 6.07) is 13.6. The van der Waals surface area contributed by atoms with Crippen LogP contribution in [0.5, 0.6) is 5.75 Å². The van der Waals surface area contributed by atoms with Gasteiger partial charge in [-0.05, 0) is 17.7 Å². The molecule has 8 nitrogen and oxygen atoms in total. The summed E-state index contributed by atoms with van der Waals surface area (Å²) in [5.41, 5.74) is 1.64. The standard InChI is InChI=1S/C21H19F2N3O5S/c22-21(23)31-16-7-4-8-17(9-16)32(29,30)26-11-15-10-25(12-19(15)24-26)20(28)18(13-27)14-5-2-1-3-6-14/h1-9,11,18,21,27H,10,12-13H2. The normalized spacial score (nSPS) is 14.4. The minimum Gasteiger partial charge on any atom is -0.435 e. The van der Waals surface area contributed by atoms with E-state index in [1.54, 1.807) is 24.3 Å². The number of ether oxygens (including phenoxy) is 1. The largest absolute Gasteiger partial charge is 0.435 e. The van der Waals surface area contributed by atoms with E-state index in [0.717, 1.165) is 10.2 Å². The van der Waals surface area contributed by atoms with Crippen molar-refractivity contribution in [3.8, 4) is 5.75 Å². The van der Waals surface area contributed by atoms with Crippen LogP contribution in [0.15, 0.2) is 65.7 Å². The molecule has 1 unspecified atom stereocenters. The topological polar surface area (TPSA) is 102 Å². The Labute approximate surface area is 182 Å². The molecule has 0 fully saturated rings. The number of benzene rings is 2. The van der Waals surface area contributed by atoms with Crippen LogP contribution in [0, 0.1) is 0 Å². The number of carbonyl (C=O) groups excluding carboxylic acids is 1. The first kappa shape index (κ1) is 21.9. The van der Waals surface area contributed by atoms with Gasteiger partial charge in [-0.1, -0.05) is 36.4 Å². The molecule has 3 aromatic rings. The van der Waals surface area contributed by atoms with Crippen molar-refractivity contribution in [2.24, 2.45) is 0 Å². The molecule has 2 aromatic carbocycles. The smallest absolute Gasteiger partial charge is 0.387 e. The highest BCUT2D eigenvalue weighted by molar-refractivity contribution is 7.89. The van der Waals surface area contributed by atoms with Crippen LogP contribution in [0.3, 0.4) is 0 Å². The van der Waals surface area contributed by atoms with Gasteiger partial charge in [0.1, 0.15) is 5.75 Å². The first-order valence-electron chi connectivity index (χ1n) is 9.62. The summed E-state index contributed by atoms with van der Waals surface area (Å²) < 4.78 is 55.7. The van der Waals surface area contributed by atoms with Crippen LogP contribution in [-0.4, -0.2) is 46.7 Å². The third-order valence-corrected chi connectivity index (χ3v) is 6.66. The van der Waals surface area contributed by atoms with Gasteiger partial charge >= 0.3 is 6.61 Å². The molecule has 2 heterocycles. The van der Waals surface area contributed by atoms with Crippen molar-refractivity contribution in [3.63, 3.8) is 0 Å². The molecule has 0 saturated carbocycles. The number of amides is 1. The third-order valence-electron chi connectivity index (χ3n) is 5.13. The van der Waals surface area contributed by atoms with E-state index in [4.69, 9.17) is 0 Å². The molecule has 1 amide bonds. The van der Waals surface area contributed by atoms with Gasteiger partial charge in [0.25, 0.3) is 10.0 Å². The lowest BCUT2D eigenvalue weighted by Gasteiger charge is -2.22. The summed E-state index contributed by atoms with van der Waals surface area (Å²) >= 11 is 0. The highest BCUT2D eigenvalue weighted by atomic mass is 32.2. The Morgan fingerprint density at radius 2 is 1.88 bits per heavy atom. The fourth-order valence-electron chi connectivity index (χ4n) is 3.56. The number of nitrogens with zero attached hydrogens (tertiary/aromatic N) is 3. The van der Waals surface area contributed by atoms with Crippen molar-refractivity contribution in [2.75, 3.05) is 6.61 Å². The number of hydrogen-bond acceptors (Lipinski definition) is 6. The van der Waals surface area contributed by atoms with Gasteiger partial charge in [0.05, 0.1) is 29.7 Å². The van der Waals surface area contributed by atoms with E-state index < -0.39 is 22.6 Å². The lowest BCUT2D eigenvalue weighted by Crippen LogP contribution is -2.33. The number of alkyl halides is 2. The maximum Gasteiger partial charge on any atom is 0.387 e. The molecule has 4 rings (SSSR count). The predicted octanol–water partition coefficient (Wildman–Crippen LogP) is 2.34. The van der Waals surface area contributed by atoms with Crippen LogP contribution < -0.4 is 4.74 Å². The van der Waals surface area contributed by atoms with Gasteiger partial charge in [-0.3, -0.25) is 4.79 Å². The second-order valence-corrected chi connectivity index (χ2v) is 8.97. The Bertz CT molecular complexity index is 1210. The van der Waals surface area contributed by atoms with E-state index >= 15 is 0 Å². The van der Waals surface area contributed by atoms with E-state index in [1.807, 2.05) is 6.07 Å². The molecule has 1 atom stereocenters. The molecule has 1 aromatic heterocycles. The summed E-state index contributed by atoms with van der Waals surface area (Å²) in [6.07, 6.45) is 1.30. The first-order valence-corrected chi connectivity index (χ1v) is 11.1. The van der Waals surface area contributed by atoms with E-state index in [-0.39, 0.29) is 36.2 Å². The lowest BCUT2D eigenvalue weighted by molar-refractivity contribution is -0.134. The van der Waals surface area contributed by atoms with Crippen LogP contribution in [0.1, 0.15) is 22.7 Å². The second-order valence-electron chi connectivity index (χ2n) is 7.17. The highest BCUT2D eigenvalue weighted by Crippen LogP contribution is 2.28. The average Bonchev–Trinajstić information content (AvgIpc) is 3.35. The molecule has 1 aliphatic rings. The van der Waals surface area contributed by atoms with E-state index in [9.17, 15) is 27.1 Å². The minimum atomic E-state index is -4.14. The molecule has 11 heteroatoms. The zero-order valence-corrected chi connectivity index (χ0v) is 17.5. The van der Waals surface area contributed by atoms with Gasteiger partial charge in [-0.2, -0.15) is 26.4 Å². The van der Waals surface area contributed by atoms with Gasteiger partial charge in [0.2, 0.25) is 5.91 Å². The van der Waals surface area contributed by atoms with E-state index in [0.29, 0.717) is 16.8 Å². The summed E-state index contributed by atoms with van der Waals surface area (Å²) in [5, 5.41) is 13.8. The van der Waals surface area contributed by atoms with E-state index in [2.05, 4.69) is 9.84 Å². The molecule has 168 valence electrons. The fourth-order valence-corrected chi connectivity index (χ4v) is 4.76. The van der Waals surface area contributed by atoms with Crippen LogP contribution in [0.25, 0.3) is 0 Å². The predicted molar refractivity (Wildman–Crippen MR) is 108 cm³/mol. The Balaban J connectivity index is 1.53. The number of aliphatic hydroxyl groups excluding tert-OH is 1. The zero-order valence-electron chi connectivity index (χ0n) is 16.6. The van der Waals surface area contributed by atoms with Gasteiger partial charge in [0, 0.05) is 24.4 Å². The summed E-state index contributed by atoms with van der Waals surface area (Å²) in [7, 11) is -4.14. The summed E-state index contributed by atoms with van der Waals surface area (Å²) in [4.78, 5) is 14.2.